The molecule has 1 aliphatic heterocycles. The summed E-state index contributed by atoms with van der Waals surface area (Å²) in [4.78, 5) is 1.10. The van der Waals surface area contributed by atoms with E-state index in [0.717, 1.165) is 30.3 Å². The maximum Gasteiger partial charge on any atom is 0.416 e. The maximum absolute atomic E-state index is 13.8. The van der Waals surface area contributed by atoms with E-state index < -0.39 is 50.3 Å². The molecule has 1 heterocycles. The lowest BCUT2D eigenvalue weighted by Crippen LogP contribution is -2.48. The van der Waals surface area contributed by atoms with Gasteiger partial charge in [0.1, 0.15) is 5.82 Å². The van der Waals surface area contributed by atoms with Gasteiger partial charge in [-0.2, -0.15) is 30.6 Å². The lowest BCUT2D eigenvalue weighted by Gasteiger charge is -2.39. The van der Waals surface area contributed by atoms with E-state index in [9.17, 15) is 39.2 Å². The summed E-state index contributed by atoms with van der Waals surface area (Å²) in [6, 6.07) is 4.98. The third-order valence-electron chi connectivity index (χ3n) is 6.04. The Morgan fingerprint density at radius 2 is 1.38 bits per heavy atom. The quantitative estimate of drug-likeness (QED) is 0.486. The Morgan fingerprint density at radius 1 is 0.794 bits per heavy atom. The minimum Gasteiger partial charge on any atom is -0.371 e. The van der Waals surface area contributed by atoms with Gasteiger partial charge in [-0.1, -0.05) is 6.07 Å². The van der Waals surface area contributed by atoms with Crippen molar-refractivity contribution < 1.29 is 39.2 Å². The predicted molar refractivity (Wildman–Crippen MR) is 110 cm³/mol. The average Bonchev–Trinajstić information content (AvgIpc) is 3.57. The fourth-order valence-corrected chi connectivity index (χ4v) is 6.25. The SMILES string of the molecule is O=S(=O)(c1cccc(C(F)(F)F)c1)N(C1CC1)C1CCN(c2cc(F)cc(C(F)(F)F)c2)CC1. The Morgan fingerprint density at radius 3 is 1.94 bits per heavy atom. The first-order valence-corrected chi connectivity index (χ1v) is 12.0. The minimum atomic E-state index is -4.71. The molecule has 0 N–H and O–H groups in total. The Labute approximate surface area is 192 Å². The van der Waals surface area contributed by atoms with Crippen LogP contribution in [0.5, 0.6) is 0 Å². The van der Waals surface area contributed by atoms with Crippen LogP contribution in [0.2, 0.25) is 0 Å². The number of hydrogen-bond acceptors (Lipinski definition) is 3. The van der Waals surface area contributed by atoms with E-state index in [4.69, 9.17) is 0 Å². The van der Waals surface area contributed by atoms with Crippen LogP contribution in [0.25, 0.3) is 0 Å². The molecule has 2 aliphatic rings. The molecule has 1 aliphatic carbocycles. The summed E-state index contributed by atoms with van der Waals surface area (Å²) in [5.41, 5.74) is -2.13. The van der Waals surface area contributed by atoms with Crippen LogP contribution in [0.1, 0.15) is 36.8 Å². The molecule has 0 spiro atoms. The molecular formula is C22H21F7N2O2S. The van der Waals surface area contributed by atoms with Gasteiger partial charge in [0.15, 0.2) is 0 Å². The summed E-state index contributed by atoms with van der Waals surface area (Å²) in [7, 11) is -4.23. The van der Waals surface area contributed by atoms with Gasteiger partial charge in [-0.3, -0.25) is 0 Å². The van der Waals surface area contributed by atoms with E-state index in [2.05, 4.69) is 0 Å². The van der Waals surface area contributed by atoms with Crippen LogP contribution in [0.15, 0.2) is 47.4 Å². The highest BCUT2D eigenvalue weighted by Gasteiger charge is 2.44. The van der Waals surface area contributed by atoms with Crippen molar-refractivity contribution in [3.05, 3.63) is 59.4 Å². The van der Waals surface area contributed by atoms with Gasteiger partial charge in [0, 0.05) is 30.9 Å². The van der Waals surface area contributed by atoms with Gasteiger partial charge in [-0.25, -0.2) is 12.8 Å². The van der Waals surface area contributed by atoms with Crippen molar-refractivity contribution in [1.82, 2.24) is 4.31 Å². The van der Waals surface area contributed by atoms with Crippen LogP contribution >= 0.6 is 0 Å². The normalized spacial score (nSPS) is 18.5. The highest BCUT2D eigenvalue weighted by molar-refractivity contribution is 7.89. The first-order valence-electron chi connectivity index (χ1n) is 10.6. The van der Waals surface area contributed by atoms with E-state index in [-0.39, 0.29) is 37.7 Å². The molecule has 0 aromatic heterocycles. The summed E-state index contributed by atoms with van der Waals surface area (Å²) in [6.07, 6.45) is -7.76. The van der Waals surface area contributed by atoms with Crippen molar-refractivity contribution in [3.63, 3.8) is 0 Å². The first-order chi connectivity index (χ1) is 15.8. The lowest BCUT2D eigenvalue weighted by molar-refractivity contribution is -0.138. The molecule has 0 atom stereocenters. The summed E-state index contributed by atoms with van der Waals surface area (Å²) >= 11 is 0. The van der Waals surface area contributed by atoms with Gasteiger partial charge in [0.05, 0.1) is 16.0 Å². The second-order valence-corrected chi connectivity index (χ2v) is 10.3. The van der Waals surface area contributed by atoms with Gasteiger partial charge in [-0.05, 0) is 62.1 Å². The summed E-state index contributed by atoms with van der Waals surface area (Å²) in [5, 5.41) is 0. The molecule has 1 saturated heterocycles. The molecule has 4 rings (SSSR count). The molecule has 2 fully saturated rings. The molecule has 4 nitrogen and oxygen atoms in total. The van der Waals surface area contributed by atoms with E-state index in [1.54, 1.807) is 4.90 Å². The molecule has 34 heavy (non-hydrogen) atoms. The average molecular weight is 510 g/mol. The number of benzene rings is 2. The Kier molecular flexibility index (Phi) is 6.34. The van der Waals surface area contributed by atoms with Crippen LogP contribution in [0.3, 0.4) is 0 Å². The van der Waals surface area contributed by atoms with E-state index >= 15 is 0 Å². The number of nitrogens with zero attached hydrogens (tertiary/aromatic N) is 2. The number of halogens is 7. The summed E-state index contributed by atoms with van der Waals surface area (Å²) in [6.45, 7) is 0.347. The minimum absolute atomic E-state index is 0.0458. The number of anilines is 1. The zero-order valence-corrected chi connectivity index (χ0v) is 18.5. The van der Waals surface area contributed by atoms with Crippen LogP contribution in [-0.2, 0) is 22.4 Å². The number of alkyl halides is 6. The largest absolute Gasteiger partial charge is 0.416 e. The molecule has 186 valence electrons. The molecule has 2 aromatic rings. The fourth-order valence-electron chi connectivity index (χ4n) is 4.27. The monoisotopic (exact) mass is 510 g/mol. The number of piperidine rings is 1. The van der Waals surface area contributed by atoms with Crippen molar-refractivity contribution >= 4 is 15.7 Å². The summed E-state index contributed by atoms with van der Waals surface area (Å²) < 4.78 is 120. The van der Waals surface area contributed by atoms with Gasteiger partial charge in [0.2, 0.25) is 10.0 Å². The van der Waals surface area contributed by atoms with Crippen molar-refractivity contribution in [2.45, 2.75) is 55.0 Å². The van der Waals surface area contributed by atoms with E-state index in [0.29, 0.717) is 25.0 Å². The maximum atomic E-state index is 13.8. The topological polar surface area (TPSA) is 40.6 Å². The first kappa shape index (κ1) is 24.8. The Hall–Kier alpha value is -2.34. The molecule has 0 amide bonds. The van der Waals surface area contributed by atoms with Crippen molar-refractivity contribution in [1.29, 1.82) is 0 Å². The van der Waals surface area contributed by atoms with Crippen LogP contribution in [-0.4, -0.2) is 37.9 Å². The lowest BCUT2D eigenvalue weighted by atomic mass is 10.0. The molecule has 0 unspecified atom stereocenters. The van der Waals surface area contributed by atoms with Gasteiger partial charge in [-0.15, -0.1) is 0 Å². The second-order valence-electron chi connectivity index (χ2n) is 8.51. The second kappa shape index (κ2) is 8.71. The molecule has 0 bridgehead atoms. The third-order valence-corrected chi connectivity index (χ3v) is 8.04. The molecule has 1 saturated carbocycles. The van der Waals surface area contributed by atoms with Crippen LogP contribution in [0.4, 0.5) is 36.4 Å². The van der Waals surface area contributed by atoms with E-state index in [1.807, 2.05) is 0 Å². The van der Waals surface area contributed by atoms with Gasteiger partial charge >= 0.3 is 12.4 Å². The van der Waals surface area contributed by atoms with Crippen LogP contribution in [0, 0.1) is 5.82 Å². The zero-order chi connectivity index (χ0) is 24.9. The summed E-state index contributed by atoms with van der Waals surface area (Å²) in [5.74, 6) is -1.03. The molecular weight excluding hydrogens is 489 g/mol. The Balaban J connectivity index is 1.55. The van der Waals surface area contributed by atoms with Crippen molar-refractivity contribution in [2.24, 2.45) is 0 Å². The third kappa shape index (κ3) is 5.17. The number of rotatable bonds is 5. The van der Waals surface area contributed by atoms with Gasteiger partial charge < -0.3 is 4.90 Å². The molecule has 2 aromatic carbocycles. The van der Waals surface area contributed by atoms with Gasteiger partial charge in [0.25, 0.3) is 0 Å². The number of sulfonamides is 1. The standard InChI is InChI=1S/C22H21F7N2O2S/c23-16-10-15(22(27,28)29)11-19(13-16)30-8-6-18(7-9-30)31(17-4-5-17)34(32,33)20-3-1-2-14(12-20)21(24,25)26/h1-3,10-13,17-18H,4-9H2. The van der Waals surface area contributed by atoms with Crippen LogP contribution < -0.4 is 4.90 Å². The number of hydrogen-bond donors (Lipinski definition) is 0. The molecule has 12 heteroatoms. The van der Waals surface area contributed by atoms with Crippen molar-refractivity contribution in [2.75, 3.05) is 18.0 Å². The smallest absolute Gasteiger partial charge is 0.371 e. The Bertz CT molecular complexity index is 1150. The highest BCUT2D eigenvalue weighted by Crippen LogP contribution is 2.39. The highest BCUT2D eigenvalue weighted by atomic mass is 32.2. The van der Waals surface area contributed by atoms with Crippen molar-refractivity contribution in [3.8, 4) is 0 Å². The zero-order valence-electron chi connectivity index (χ0n) is 17.7. The fraction of sp³-hybridized carbons (Fsp3) is 0.455. The predicted octanol–water partition coefficient (Wildman–Crippen LogP) is 5.69. The van der Waals surface area contributed by atoms with E-state index in [1.165, 1.54) is 4.31 Å². The molecule has 0 radical (unpaired) electrons.